The van der Waals surface area contributed by atoms with E-state index in [1.807, 2.05) is 0 Å². The highest BCUT2D eigenvalue weighted by atomic mass is 35.5. The maximum atomic E-state index is 11.4. The molecule has 2 aliphatic carbocycles. The Morgan fingerprint density at radius 3 is 1.34 bits per heavy atom. The van der Waals surface area contributed by atoms with Crippen LogP contribution in [0.1, 0.15) is 64.2 Å². The number of aliphatic hydroxyl groups excluding tert-OH is 2. The van der Waals surface area contributed by atoms with E-state index in [0.717, 1.165) is 32.8 Å². The van der Waals surface area contributed by atoms with E-state index < -0.39 is 30.1 Å². The summed E-state index contributed by atoms with van der Waals surface area (Å²) in [6.07, 6.45) is 15.9. The number of nitrogens with two attached hydrogens (primary N) is 4. The van der Waals surface area contributed by atoms with Gasteiger partial charge in [-0.2, -0.15) is 58.7 Å². The van der Waals surface area contributed by atoms with E-state index in [1.54, 1.807) is 40.9 Å². The van der Waals surface area contributed by atoms with Gasteiger partial charge in [0.05, 0.1) is 20.8 Å². The van der Waals surface area contributed by atoms with Crippen LogP contribution in [-0.2, 0) is 30.1 Å². The lowest BCUT2D eigenvalue weighted by atomic mass is 9.98. The lowest BCUT2D eigenvalue weighted by Gasteiger charge is -2.22. The van der Waals surface area contributed by atoms with Gasteiger partial charge in [-0.05, 0) is 111 Å². The molecule has 11 rings (SSSR count). The van der Waals surface area contributed by atoms with Gasteiger partial charge in [-0.15, -0.1) is 0 Å². The molecule has 0 amide bonds. The second-order valence-electron chi connectivity index (χ2n) is 16.9. The molecule has 12 N–H and O–H groups in total. The zero-order chi connectivity index (χ0) is 57.3. The second-order valence-corrected chi connectivity index (χ2v) is 22.8. The second kappa shape index (κ2) is 28.3. The number of rotatable bonds is 9. The summed E-state index contributed by atoms with van der Waals surface area (Å²) in [7, 11) is -10.0. The van der Waals surface area contributed by atoms with Gasteiger partial charge in [-0.3, -0.25) is 0 Å². The quantitative estimate of drug-likeness (QED) is 0.0638. The van der Waals surface area contributed by atoms with Gasteiger partial charge >= 0.3 is 0 Å². The number of aromatic nitrogens is 12. The summed E-state index contributed by atoms with van der Waals surface area (Å²) in [6.45, 7) is 0. The maximum absolute atomic E-state index is 11.4. The Bertz CT molecular complexity index is 3760. The van der Waals surface area contributed by atoms with E-state index >= 15 is 0 Å². The largest absolute Gasteiger partial charge is 0.474 e. The molecule has 9 aromatic rings. The van der Waals surface area contributed by atoms with Crippen molar-refractivity contribution in [2.45, 2.75) is 91.1 Å². The van der Waals surface area contributed by atoms with E-state index in [9.17, 15) is 25.3 Å². The Kier molecular flexibility index (Phi) is 21.9. The van der Waals surface area contributed by atoms with Crippen LogP contribution < -0.4 is 36.5 Å². The molecule has 6 aromatic heterocycles. The summed E-state index contributed by atoms with van der Waals surface area (Å²) in [5.41, 5.74) is 7.16. The zero-order valence-electron chi connectivity index (χ0n) is 41.9. The number of nitrogens with one attached hydrogen (secondary N) is 2. The number of nitrogens with zero attached hydrogens (tertiary/aromatic N) is 12. The minimum Gasteiger partial charge on any atom is -0.474 e. The van der Waals surface area contributed by atoms with E-state index in [4.69, 9.17) is 70.9 Å². The number of halogens is 3. The third-order valence-electron chi connectivity index (χ3n) is 11.2. The van der Waals surface area contributed by atoms with Crippen molar-refractivity contribution in [3.63, 3.8) is 0 Å². The molecule has 0 bridgehead atoms. The molecule has 0 aliphatic heterocycles. The molecule has 0 atom stereocenters. The van der Waals surface area contributed by atoms with E-state index in [-0.39, 0.29) is 32.0 Å². The van der Waals surface area contributed by atoms with Crippen molar-refractivity contribution < 1.29 is 40.2 Å². The van der Waals surface area contributed by atoms with Crippen molar-refractivity contribution in [3.8, 4) is 5.88 Å². The Morgan fingerprint density at radius 2 is 0.911 bits per heavy atom. The van der Waals surface area contributed by atoms with Crippen LogP contribution in [-0.4, -0.2) is 114 Å². The molecule has 33 heteroatoms. The molecule has 0 radical (unpaired) electrons. The number of benzene rings is 3. The number of hydrogen-bond acceptors (Lipinski definition) is 21. The summed E-state index contributed by atoms with van der Waals surface area (Å²) in [5, 5.41) is 50.1. The molecule has 2 fully saturated rings. The van der Waals surface area contributed by atoms with E-state index in [2.05, 4.69) is 55.8 Å². The number of ether oxygens (including phenoxy) is 1. The minimum atomic E-state index is -3.73. The molecule has 27 nitrogen and oxygen atoms in total. The van der Waals surface area contributed by atoms with Crippen molar-refractivity contribution in [3.05, 3.63) is 125 Å². The molecule has 0 unspecified atom stereocenters. The van der Waals surface area contributed by atoms with Gasteiger partial charge in [-0.25, -0.2) is 40.7 Å². The monoisotopic (exact) mass is 1200 g/mol. The van der Waals surface area contributed by atoms with Gasteiger partial charge in [0.15, 0.2) is 0 Å². The van der Waals surface area contributed by atoms with Crippen molar-refractivity contribution in [2.24, 2.45) is 15.4 Å². The third kappa shape index (κ3) is 18.6. The van der Waals surface area contributed by atoms with E-state index in [1.165, 1.54) is 121 Å². The highest BCUT2D eigenvalue weighted by molar-refractivity contribution is 7.89. The molecule has 0 spiro atoms. The van der Waals surface area contributed by atoms with Gasteiger partial charge in [0.1, 0.15) is 52.2 Å². The fourth-order valence-corrected chi connectivity index (χ4v) is 9.59. The number of sulfonamides is 3. The van der Waals surface area contributed by atoms with Gasteiger partial charge in [0.2, 0.25) is 35.9 Å². The maximum Gasteiger partial charge on any atom is 0.257 e. The fraction of sp³-hybridized carbons (Fsp3) is 0.283. The molecule has 2 aliphatic rings. The summed E-state index contributed by atoms with van der Waals surface area (Å²) < 4.78 is 77.0. The third-order valence-corrected chi connectivity index (χ3v) is 14.6. The molecule has 2 saturated carbocycles. The normalized spacial score (nSPS) is 13.9. The molecule has 422 valence electrons. The number of nitrogen functional groups attached to an aromatic ring is 1. The SMILES string of the molecule is CO.Clc1cc(Cl)n2ncnc2n1.NS(=O)(=O)c1ccc(Nc2cc(Cl)nc3ncnn23)cc1.NS(=O)(=O)c1ccc(Nc2cc(OC3CCCCC3)nc3ncnn23)cc1.Nc1ccc(S(N)(=O)=O)cc1.OC1CCCCC1. The van der Waals surface area contributed by atoms with Crippen LogP contribution in [0.5, 0.6) is 5.88 Å². The molecule has 0 saturated heterocycles. The zero-order valence-corrected chi connectivity index (χ0v) is 46.6. The summed E-state index contributed by atoms with van der Waals surface area (Å²) in [4.78, 5) is 24.3. The first-order valence-corrected chi connectivity index (χ1v) is 29.4. The van der Waals surface area contributed by atoms with Crippen LogP contribution in [0.4, 0.5) is 28.7 Å². The van der Waals surface area contributed by atoms with Crippen LogP contribution in [0.3, 0.4) is 0 Å². The molecule has 3 aromatic carbocycles. The summed E-state index contributed by atoms with van der Waals surface area (Å²) >= 11 is 17.2. The van der Waals surface area contributed by atoms with Gasteiger partial charge < -0.3 is 31.3 Å². The fourth-order valence-electron chi connectivity index (χ4n) is 7.41. The van der Waals surface area contributed by atoms with Crippen LogP contribution in [0.15, 0.2) is 125 Å². The van der Waals surface area contributed by atoms with Crippen LogP contribution in [0.2, 0.25) is 15.5 Å². The number of anilines is 5. The van der Waals surface area contributed by atoms with Gasteiger partial charge in [-0.1, -0.05) is 60.5 Å². The Balaban J connectivity index is 0.000000171. The topological polar surface area (TPSA) is 409 Å². The van der Waals surface area contributed by atoms with Crippen molar-refractivity contribution in [1.29, 1.82) is 0 Å². The first kappa shape index (κ1) is 61.2. The number of aliphatic hydroxyl groups is 2. The Labute approximate surface area is 468 Å². The standard InChI is InChI=1S/C17H20N6O3S.C11H9ClN6O2S.C6H8N2O2S.C6H12O.C5H2Cl2N4.CH4O/c18-27(24,25)14-8-6-12(7-9-14)21-15-10-16(22-17-19-11-20-23(15)17)26-13-4-2-1-3-5-13;12-9-5-10(18-11(17-9)14-6-15-18)16-7-1-3-8(4-2-7)21(13,19)20;7-5-1-3-6(4-2-5)11(8,9)10;7-6-4-2-1-3-5-6;6-3-1-4(7)11-5(10-3)8-2-9-11;1-2/h6-11,13,21H,1-5H2,(H2,18,24,25);1-6,16H,(H2,13,19,20);1-4H,7H2,(H2,8,9,10);6-7H,1-5H2;1-2H;2H,1H3. The summed E-state index contributed by atoms with van der Waals surface area (Å²) in [5.74, 6) is 2.84. The van der Waals surface area contributed by atoms with Crippen LogP contribution >= 0.6 is 34.8 Å². The lowest BCUT2D eigenvalue weighted by Crippen LogP contribution is -2.20. The average molecular weight is 1210 g/mol. The first-order chi connectivity index (χ1) is 37.6. The minimum absolute atomic E-state index is 0.0340. The average Bonchev–Trinajstić information content (AvgIpc) is 4.24. The molecule has 79 heavy (non-hydrogen) atoms. The van der Waals surface area contributed by atoms with Crippen molar-refractivity contribution >= 4 is 111 Å². The predicted molar refractivity (Wildman–Crippen MR) is 297 cm³/mol. The van der Waals surface area contributed by atoms with Crippen molar-refractivity contribution in [2.75, 3.05) is 23.5 Å². The molecular weight excluding hydrogens is 1150 g/mol. The van der Waals surface area contributed by atoms with Crippen LogP contribution in [0, 0.1) is 0 Å². The first-order valence-electron chi connectivity index (χ1n) is 23.7. The van der Waals surface area contributed by atoms with E-state index in [0.29, 0.717) is 62.2 Å². The Morgan fingerprint density at radius 1 is 0.532 bits per heavy atom. The van der Waals surface area contributed by atoms with Gasteiger partial charge in [0.25, 0.3) is 17.3 Å². The number of hydrogen-bond donors (Lipinski definition) is 8. The lowest BCUT2D eigenvalue weighted by molar-refractivity contribution is 0.130. The predicted octanol–water partition coefficient (Wildman–Crippen LogP) is 5.66. The van der Waals surface area contributed by atoms with Crippen molar-refractivity contribution in [1.82, 2.24) is 58.7 Å². The highest BCUT2D eigenvalue weighted by Gasteiger charge is 2.18. The number of primary sulfonamides is 3. The Hall–Kier alpha value is -6.97. The number of fused-ring (bicyclic) bond motifs is 3. The van der Waals surface area contributed by atoms with Gasteiger partial charge in [0, 0.05) is 42.4 Å². The highest BCUT2D eigenvalue weighted by Crippen LogP contribution is 2.27. The smallest absolute Gasteiger partial charge is 0.257 e. The summed E-state index contributed by atoms with van der Waals surface area (Å²) in [6, 6.07) is 22.7. The molecular formula is C46H55Cl3N18O9S3. The molecule has 6 heterocycles. The van der Waals surface area contributed by atoms with Crippen LogP contribution in [0.25, 0.3) is 17.3 Å².